The number of carbonyl (C=O) groups excluding carboxylic acids is 2. The van der Waals surface area contributed by atoms with Crippen LogP contribution >= 0.6 is 0 Å². The van der Waals surface area contributed by atoms with Crippen LogP contribution in [0.3, 0.4) is 0 Å². The summed E-state index contributed by atoms with van der Waals surface area (Å²) >= 11 is 0. The number of hydrogen-bond donors (Lipinski definition) is 2. The summed E-state index contributed by atoms with van der Waals surface area (Å²) in [4.78, 5) is 47.1. The third-order valence-corrected chi connectivity index (χ3v) is 4.87. The Morgan fingerprint density at radius 2 is 1.45 bits per heavy atom. The molecule has 1 atom stereocenters. The van der Waals surface area contributed by atoms with E-state index in [4.69, 9.17) is 5.11 Å². The van der Waals surface area contributed by atoms with E-state index in [-0.39, 0.29) is 42.1 Å². The molecule has 0 bridgehead atoms. The zero-order valence-electron chi connectivity index (χ0n) is 16.0. The van der Waals surface area contributed by atoms with Crippen LogP contribution in [0.25, 0.3) is 5.76 Å². The smallest absolute Gasteiger partial charge is 0.295 e. The van der Waals surface area contributed by atoms with Gasteiger partial charge < -0.3 is 15.1 Å². The molecule has 11 nitrogen and oxygen atoms in total. The molecule has 160 valence electrons. The Morgan fingerprint density at radius 3 is 1.94 bits per heavy atom. The summed E-state index contributed by atoms with van der Waals surface area (Å²) in [5.41, 5.74) is -0.201. The Morgan fingerprint density at radius 1 is 0.935 bits per heavy atom. The van der Waals surface area contributed by atoms with Crippen LogP contribution in [0.2, 0.25) is 0 Å². The van der Waals surface area contributed by atoms with Crippen molar-refractivity contribution in [2.24, 2.45) is 0 Å². The fraction of sp³-hybridized carbons (Fsp3) is 0.200. The molecule has 0 aromatic heterocycles. The molecule has 2 N–H and O–H groups in total. The van der Waals surface area contributed by atoms with Crippen LogP contribution in [0, 0.1) is 20.2 Å². The van der Waals surface area contributed by atoms with Crippen molar-refractivity contribution in [3.63, 3.8) is 0 Å². The first-order valence-electron chi connectivity index (χ1n) is 9.14. The lowest BCUT2D eigenvalue weighted by Gasteiger charge is -2.25. The first kappa shape index (κ1) is 21.6. The number of hydrogen-bond acceptors (Lipinski definition) is 8. The van der Waals surface area contributed by atoms with E-state index in [1.807, 2.05) is 0 Å². The number of rotatable bonds is 7. The minimum absolute atomic E-state index is 0.0137. The first-order chi connectivity index (χ1) is 14.8. The van der Waals surface area contributed by atoms with Crippen LogP contribution < -0.4 is 0 Å². The van der Waals surface area contributed by atoms with E-state index < -0.39 is 33.3 Å². The number of amides is 1. The number of nitrogens with zero attached hydrogens (tertiary/aromatic N) is 3. The molecule has 1 saturated heterocycles. The maximum atomic E-state index is 12.7. The minimum atomic E-state index is -1.04. The van der Waals surface area contributed by atoms with Gasteiger partial charge in [-0.1, -0.05) is 0 Å². The molecule has 2 aromatic rings. The van der Waals surface area contributed by atoms with Gasteiger partial charge >= 0.3 is 0 Å². The van der Waals surface area contributed by atoms with Gasteiger partial charge in [-0.25, -0.2) is 0 Å². The van der Waals surface area contributed by atoms with Crippen LogP contribution in [0.1, 0.15) is 23.6 Å². The highest BCUT2D eigenvalue weighted by atomic mass is 16.6. The van der Waals surface area contributed by atoms with E-state index >= 15 is 0 Å². The fourth-order valence-electron chi connectivity index (χ4n) is 3.37. The summed E-state index contributed by atoms with van der Waals surface area (Å²) < 4.78 is 0. The van der Waals surface area contributed by atoms with Crippen molar-refractivity contribution in [3.05, 3.63) is 85.5 Å². The van der Waals surface area contributed by atoms with Gasteiger partial charge in [-0.05, 0) is 36.2 Å². The lowest BCUT2D eigenvalue weighted by atomic mass is 9.95. The zero-order valence-corrected chi connectivity index (χ0v) is 16.0. The van der Waals surface area contributed by atoms with Crippen LogP contribution in [-0.4, -0.2) is 49.8 Å². The molecule has 0 radical (unpaired) electrons. The number of Topliss-reactive ketones (excluding diaryl/α,β-unsaturated/α-hetero) is 1. The van der Waals surface area contributed by atoms with Gasteiger partial charge in [0.25, 0.3) is 23.1 Å². The van der Waals surface area contributed by atoms with Gasteiger partial charge in [0.15, 0.2) is 0 Å². The summed E-state index contributed by atoms with van der Waals surface area (Å²) in [5, 5.41) is 41.7. The average Bonchev–Trinajstić information content (AvgIpc) is 3.02. The van der Waals surface area contributed by atoms with Crippen molar-refractivity contribution in [1.82, 2.24) is 4.90 Å². The number of aliphatic hydroxyl groups is 2. The Kier molecular flexibility index (Phi) is 6.07. The Bertz CT molecular complexity index is 1080. The van der Waals surface area contributed by atoms with E-state index in [9.17, 15) is 34.9 Å². The lowest BCUT2D eigenvalue weighted by Crippen LogP contribution is -2.31. The molecule has 0 spiro atoms. The van der Waals surface area contributed by atoms with Gasteiger partial charge in [0, 0.05) is 43.0 Å². The molecule has 2 aromatic carbocycles. The number of aliphatic hydroxyl groups excluding tert-OH is 2. The minimum Gasteiger partial charge on any atom is -0.507 e. The summed E-state index contributed by atoms with van der Waals surface area (Å²) in [7, 11) is 0. The van der Waals surface area contributed by atoms with Crippen LogP contribution in [0.4, 0.5) is 11.4 Å². The second-order valence-electron chi connectivity index (χ2n) is 6.72. The normalized spacial score (nSPS) is 17.7. The highest BCUT2D eigenvalue weighted by Gasteiger charge is 2.45. The maximum Gasteiger partial charge on any atom is 0.295 e. The Hall–Kier alpha value is -4.12. The number of nitro groups is 2. The highest BCUT2D eigenvalue weighted by molar-refractivity contribution is 6.46. The third kappa shape index (κ3) is 4.12. The van der Waals surface area contributed by atoms with Crippen LogP contribution in [0.5, 0.6) is 0 Å². The predicted molar refractivity (Wildman–Crippen MR) is 107 cm³/mol. The molecule has 1 fully saturated rings. The Balaban J connectivity index is 2.13. The van der Waals surface area contributed by atoms with Crippen molar-refractivity contribution < 1.29 is 29.6 Å². The molecule has 1 aliphatic rings. The van der Waals surface area contributed by atoms with Gasteiger partial charge in [0.1, 0.15) is 5.76 Å². The lowest BCUT2D eigenvalue weighted by molar-refractivity contribution is -0.385. The van der Waals surface area contributed by atoms with E-state index in [2.05, 4.69) is 0 Å². The molecule has 1 amide bonds. The SMILES string of the molecule is O=C1C(=O)N(CCCO)[C@@H](c2ccc([N+](=O)[O-])cc2)C1=C(O)c1ccc([N+](=O)[O-])cc1. The molecule has 0 aliphatic carbocycles. The number of likely N-dealkylation sites (tertiary alicyclic amines) is 1. The predicted octanol–water partition coefficient (Wildman–Crippen LogP) is 2.31. The quantitative estimate of drug-likeness (QED) is 0.223. The monoisotopic (exact) mass is 427 g/mol. The largest absolute Gasteiger partial charge is 0.507 e. The Labute approximate surface area is 175 Å². The molecule has 3 rings (SSSR count). The maximum absolute atomic E-state index is 12.7. The van der Waals surface area contributed by atoms with Gasteiger partial charge in [0.05, 0.1) is 21.5 Å². The molecule has 1 aliphatic heterocycles. The van der Waals surface area contributed by atoms with Gasteiger partial charge in [-0.15, -0.1) is 0 Å². The van der Waals surface area contributed by atoms with Gasteiger partial charge in [-0.3, -0.25) is 29.8 Å². The molecule has 0 unspecified atom stereocenters. The van der Waals surface area contributed by atoms with Crippen LogP contribution in [0.15, 0.2) is 54.1 Å². The number of nitro benzene ring substituents is 2. The summed E-state index contributed by atoms with van der Waals surface area (Å²) in [6, 6.07) is 8.95. The highest BCUT2D eigenvalue weighted by Crippen LogP contribution is 2.40. The second-order valence-corrected chi connectivity index (χ2v) is 6.72. The molecule has 11 heteroatoms. The third-order valence-electron chi connectivity index (χ3n) is 4.87. The van der Waals surface area contributed by atoms with E-state index in [1.54, 1.807) is 0 Å². The van der Waals surface area contributed by atoms with Crippen molar-refractivity contribution in [1.29, 1.82) is 0 Å². The average molecular weight is 427 g/mol. The summed E-state index contributed by atoms with van der Waals surface area (Å²) in [6.07, 6.45) is 0.175. The number of benzene rings is 2. The molecular formula is C20H17N3O8. The first-order valence-corrected chi connectivity index (χ1v) is 9.14. The summed E-state index contributed by atoms with van der Waals surface area (Å²) in [6.45, 7) is -0.224. The molecule has 0 saturated carbocycles. The van der Waals surface area contributed by atoms with E-state index in [0.717, 1.165) is 12.1 Å². The number of non-ortho nitro benzene ring substituents is 2. The van der Waals surface area contributed by atoms with Gasteiger partial charge in [0.2, 0.25) is 0 Å². The van der Waals surface area contributed by atoms with Crippen molar-refractivity contribution >= 4 is 28.8 Å². The molecule has 31 heavy (non-hydrogen) atoms. The van der Waals surface area contributed by atoms with Crippen molar-refractivity contribution in [3.8, 4) is 0 Å². The topological polar surface area (TPSA) is 164 Å². The second kappa shape index (κ2) is 8.71. The van der Waals surface area contributed by atoms with Crippen molar-refractivity contribution in [2.75, 3.05) is 13.2 Å². The van der Waals surface area contributed by atoms with E-state index in [0.29, 0.717) is 5.56 Å². The number of carbonyl (C=O) groups is 2. The van der Waals surface area contributed by atoms with Crippen molar-refractivity contribution in [2.45, 2.75) is 12.5 Å². The molecule has 1 heterocycles. The molecular weight excluding hydrogens is 410 g/mol. The van der Waals surface area contributed by atoms with Crippen LogP contribution in [-0.2, 0) is 9.59 Å². The number of ketones is 1. The summed E-state index contributed by atoms with van der Waals surface area (Å²) in [5.74, 6) is -2.37. The van der Waals surface area contributed by atoms with E-state index in [1.165, 1.54) is 41.3 Å². The van der Waals surface area contributed by atoms with Gasteiger partial charge in [-0.2, -0.15) is 0 Å². The fourth-order valence-corrected chi connectivity index (χ4v) is 3.37. The zero-order chi connectivity index (χ0) is 22.7. The standard InChI is InChI=1S/C20H17N3O8/c24-11-1-10-21-17(12-2-6-14(7-3-12)22(28)29)16(19(26)20(21)27)18(25)13-4-8-15(9-5-13)23(30)31/h2-9,17,24-25H,1,10-11H2/t17-/m0/s1.